The van der Waals surface area contributed by atoms with E-state index in [0.29, 0.717) is 0 Å². The lowest BCUT2D eigenvalue weighted by molar-refractivity contribution is -0.122. The summed E-state index contributed by atoms with van der Waals surface area (Å²) in [6.07, 6.45) is 0. The summed E-state index contributed by atoms with van der Waals surface area (Å²) in [5, 5.41) is 5.45. The van der Waals surface area contributed by atoms with Gasteiger partial charge in [0.05, 0.1) is 17.5 Å². The van der Waals surface area contributed by atoms with Crippen molar-refractivity contribution in [2.24, 2.45) is 0 Å². The number of rotatable bonds is 5. The zero-order valence-electron chi connectivity index (χ0n) is 16.0. The normalized spacial score (nSPS) is 16.5. The van der Waals surface area contributed by atoms with Crippen molar-refractivity contribution in [2.45, 2.75) is 31.7 Å². The van der Waals surface area contributed by atoms with E-state index >= 15 is 0 Å². The highest BCUT2D eigenvalue weighted by Gasteiger charge is 2.29. The van der Waals surface area contributed by atoms with Crippen molar-refractivity contribution in [3.63, 3.8) is 0 Å². The molecule has 9 heteroatoms. The van der Waals surface area contributed by atoms with Gasteiger partial charge in [0.2, 0.25) is 15.9 Å². The zero-order valence-corrected chi connectivity index (χ0v) is 16.8. The number of benzene rings is 1. The van der Waals surface area contributed by atoms with Crippen LogP contribution < -0.4 is 10.6 Å². The van der Waals surface area contributed by atoms with E-state index in [4.69, 9.17) is 4.42 Å². The molecule has 1 aromatic carbocycles. The summed E-state index contributed by atoms with van der Waals surface area (Å²) < 4.78 is 32.2. The Morgan fingerprint density at radius 2 is 2.04 bits per heavy atom. The van der Waals surface area contributed by atoms with Crippen molar-refractivity contribution in [1.82, 2.24) is 14.9 Å². The van der Waals surface area contributed by atoms with Crippen molar-refractivity contribution in [2.75, 3.05) is 19.6 Å². The van der Waals surface area contributed by atoms with Gasteiger partial charge in [0.1, 0.15) is 11.5 Å². The molecule has 1 atom stereocenters. The lowest BCUT2D eigenvalue weighted by Crippen LogP contribution is -2.49. The van der Waals surface area contributed by atoms with Crippen molar-refractivity contribution >= 4 is 21.8 Å². The average molecular weight is 405 g/mol. The first-order valence-corrected chi connectivity index (χ1v) is 10.4. The number of carbonyl (C=O) groups is 2. The Kier molecular flexibility index (Phi) is 5.57. The second-order valence-corrected chi connectivity index (χ2v) is 8.72. The zero-order chi connectivity index (χ0) is 20.5. The molecule has 3 rings (SSSR count). The highest BCUT2D eigenvalue weighted by molar-refractivity contribution is 7.89. The number of hydrogen-bond acceptors (Lipinski definition) is 5. The third-order valence-corrected chi connectivity index (χ3v) is 6.47. The minimum absolute atomic E-state index is 0.0159. The molecule has 8 nitrogen and oxygen atoms in total. The van der Waals surface area contributed by atoms with Crippen LogP contribution in [0.1, 0.15) is 40.4 Å². The maximum atomic E-state index is 12.8. The Balaban J connectivity index is 1.79. The predicted octanol–water partition coefficient (Wildman–Crippen LogP) is 1.51. The van der Waals surface area contributed by atoms with Gasteiger partial charge in [-0.2, -0.15) is 4.31 Å². The summed E-state index contributed by atoms with van der Waals surface area (Å²) >= 11 is 0. The number of furan rings is 1. The van der Waals surface area contributed by atoms with Crippen LogP contribution in [0.5, 0.6) is 0 Å². The molecule has 150 valence electrons. The highest BCUT2D eigenvalue weighted by Crippen LogP contribution is 2.22. The molecule has 0 aliphatic carbocycles. The van der Waals surface area contributed by atoms with Crippen LogP contribution in [-0.4, -0.2) is 44.2 Å². The maximum absolute atomic E-state index is 12.8. The van der Waals surface area contributed by atoms with Gasteiger partial charge in [-0.3, -0.25) is 9.59 Å². The van der Waals surface area contributed by atoms with Crippen molar-refractivity contribution in [3.05, 3.63) is 53.0 Å². The number of aryl methyl sites for hydroxylation is 2. The third-order valence-electron chi connectivity index (χ3n) is 4.63. The van der Waals surface area contributed by atoms with Crippen molar-refractivity contribution in [1.29, 1.82) is 0 Å². The smallest absolute Gasteiger partial charge is 0.251 e. The number of sulfonamides is 1. The molecule has 1 aromatic heterocycles. The maximum Gasteiger partial charge on any atom is 0.251 e. The van der Waals surface area contributed by atoms with Crippen LogP contribution >= 0.6 is 0 Å². The molecule has 2 aromatic rings. The van der Waals surface area contributed by atoms with Gasteiger partial charge >= 0.3 is 0 Å². The predicted molar refractivity (Wildman–Crippen MR) is 102 cm³/mol. The van der Waals surface area contributed by atoms with Gasteiger partial charge in [-0.1, -0.05) is 6.07 Å². The highest BCUT2D eigenvalue weighted by atomic mass is 32.2. The molecule has 2 heterocycles. The van der Waals surface area contributed by atoms with E-state index in [9.17, 15) is 18.0 Å². The molecular weight excluding hydrogens is 382 g/mol. The Hall–Kier alpha value is -2.65. The Morgan fingerprint density at radius 1 is 1.29 bits per heavy atom. The van der Waals surface area contributed by atoms with Crippen LogP contribution in [0, 0.1) is 13.8 Å². The largest absolute Gasteiger partial charge is 0.466 e. The standard InChI is InChI=1S/C19H23N3O5S/c1-12-9-17(14(3)27-12)13(2)21-19(24)15-5-4-6-16(10-15)28(25,26)22-8-7-20-18(23)11-22/h4-6,9-10,13H,7-8,11H2,1-3H3,(H,20,23)(H,21,24). The van der Waals surface area contributed by atoms with E-state index in [1.165, 1.54) is 18.2 Å². The minimum Gasteiger partial charge on any atom is -0.466 e. The third kappa shape index (κ3) is 4.10. The minimum atomic E-state index is -3.86. The Bertz CT molecular complexity index is 1010. The van der Waals surface area contributed by atoms with Gasteiger partial charge in [-0.15, -0.1) is 0 Å². The first kappa shape index (κ1) is 20.1. The Labute approximate surface area is 164 Å². The van der Waals surface area contributed by atoms with Crippen LogP contribution in [0.15, 0.2) is 39.6 Å². The SMILES string of the molecule is Cc1cc(C(C)NC(=O)c2cccc(S(=O)(=O)N3CCNC(=O)C3)c2)c(C)o1. The second-order valence-electron chi connectivity index (χ2n) is 6.78. The van der Waals surface area contributed by atoms with E-state index in [-0.39, 0.29) is 47.9 Å². The molecule has 1 aliphatic rings. The summed E-state index contributed by atoms with van der Waals surface area (Å²) in [6, 6.07) is 7.39. The molecule has 1 saturated heterocycles. The molecule has 2 N–H and O–H groups in total. The van der Waals surface area contributed by atoms with Gasteiger partial charge < -0.3 is 15.1 Å². The molecule has 0 saturated carbocycles. The van der Waals surface area contributed by atoms with E-state index in [1.807, 2.05) is 26.8 Å². The van der Waals surface area contributed by atoms with E-state index in [0.717, 1.165) is 21.4 Å². The van der Waals surface area contributed by atoms with E-state index < -0.39 is 10.0 Å². The van der Waals surface area contributed by atoms with Crippen molar-refractivity contribution in [3.8, 4) is 0 Å². The average Bonchev–Trinajstić information content (AvgIpc) is 3.00. The summed E-state index contributed by atoms with van der Waals surface area (Å²) in [7, 11) is -3.86. The van der Waals surface area contributed by atoms with Crippen LogP contribution in [-0.2, 0) is 14.8 Å². The molecule has 1 fully saturated rings. The Morgan fingerprint density at radius 3 is 2.68 bits per heavy atom. The van der Waals surface area contributed by atoms with Crippen LogP contribution in [0.25, 0.3) is 0 Å². The van der Waals surface area contributed by atoms with E-state index in [2.05, 4.69) is 10.6 Å². The number of hydrogen-bond donors (Lipinski definition) is 2. The fraction of sp³-hybridized carbons (Fsp3) is 0.368. The summed E-state index contributed by atoms with van der Waals surface area (Å²) in [5.74, 6) is 0.750. The second kappa shape index (κ2) is 7.76. The van der Waals surface area contributed by atoms with Gasteiger partial charge in [-0.05, 0) is 45.0 Å². The summed E-state index contributed by atoms with van der Waals surface area (Å²) in [6.45, 7) is 5.73. The molecule has 0 spiro atoms. The van der Waals surface area contributed by atoms with Gasteiger partial charge in [0, 0.05) is 24.2 Å². The quantitative estimate of drug-likeness (QED) is 0.784. The molecular formula is C19H23N3O5S. The number of amides is 2. The number of nitrogens with one attached hydrogen (secondary N) is 2. The van der Waals surface area contributed by atoms with Gasteiger partial charge in [0.15, 0.2) is 0 Å². The topological polar surface area (TPSA) is 109 Å². The van der Waals surface area contributed by atoms with Crippen LogP contribution in [0.2, 0.25) is 0 Å². The van der Waals surface area contributed by atoms with Crippen molar-refractivity contribution < 1.29 is 22.4 Å². The lowest BCUT2D eigenvalue weighted by atomic mass is 10.1. The molecule has 1 unspecified atom stereocenters. The monoisotopic (exact) mass is 405 g/mol. The summed E-state index contributed by atoms with van der Waals surface area (Å²) in [4.78, 5) is 24.1. The van der Waals surface area contributed by atoms with Gasteiger partial charge in [0.25, 0.3) is 5.91 Å². The first-order chi connectivity index (χ1) is 13.2. The number of piperazine rings is 1. The molecule has 28 heavy (non-hydrogen) atoms. The van der Waals surface area contributed by atoms with Crippen LogP contribution in [0.3, 0.4) is 0 Å². The summed E-state index contributed by atoms with van der Waals surface area (Å²) in [5.41, 5.74) is 1.10. The molecule has 0 radical (unpaired) electrons. The first-order valence-electron chi connectivity index (χ1n) is 8.93. The fourth-order valence-electron chi connectivity index (χ4n) is 3.21. The fourth-order valence-corrected chi connectivity index (χ4v) is 4.65. The van der Waals surface area contributed by atoms with Gasteiger partial charge in [-0.25, -0.2) is 8.42 Å². The number of carbonyl (C=O) groups excluding carboxylic acids is 2. The molecule has 1 aliphatic heterocycles. The molecule has 2 amide bonds. The van der Waals surface area contributed by atoms with E-state index in [1.54, 1.807) is 6.07 Å². The number of nitrogens with zero attached hydrogens (tertiary/aromatic N) is 1. The lowest BCUT2D eigenvalue weighted by Gasteiger charge is -2.26. The van der Waals surface area contributed by atoms with Crippen LogP contribution in [0.4, 0.5) is 0 Å². The molecule has 0 bridgehead atoms.